The van der Waals surface area contributed by atoms with Crippen LogP contribution in [-0.4, -0.2) is 20.9 Å². The van der Waals surface area contributed by atoms with Crippen LogP contribution < -0.4 is 11.2 Å². The molecule has 1 aromatic heterocycles. The quantitative estimate of drug-likeness (QED) is 0.677. The Hall–Kier alpha value is -3.12. The van der Waals surface area contributed by atoms with Gasteiger partial charge in [-0.05, 0) is 37.1 Å². The van der Waals surface area contributed by atoms with Crippen LogP contribution in [0, 0.1) is 13.8 Å². The minimum atomic E-state index is -0.721. The molecule has 0 spiro atoms. The van der Waals surface area contributed by atoms with Crippen LogP contribution in [0.2, 0.25) is 5.02 Å². The van der Waals surface area contributed by atoms with Gasteiger partial charge in [-0.25, -0.2) is 4.79 Å². The summed E-state index contributed by atoms with van der Waals surface area (Å²) in [5.41, 5.74) is 1.82. The first-order valence-corrected chi connectivity index (χ1v) is 8.65. The van der Waals surface area contributed by atoms with Crippen molar-refractivity contribution in [2.75, 3.05) is 0 Å². The molecule has 0 radical (unpaired) electrons. The Morgan fingerprint density at radius 3 is 2.63 bits per heavy atom. The molecule has 0 saturated heterocycles. The minimum absolute atomic E-state index is 0.0194. The zero-order chi connectivity index (χ0) is 19.6. The van der Waals surface area contributed by atoms with Crippen molar-refractivity contribution in [2.45, 2.75) is 20.4 Å². The van der Waals surface area contributed by atoms with Gasteiger partial charge in [0.2, 0.25) is 5.88 Å². The van der Waals surface area contributed by atoms with E-state index in [9.17, 15) is 14.7 Å². The molecule has 2 aromatic carbocycles. The molecule has 0 saturated carbocycles. The standard InChI is InChI=1S/C20H18ClN3O3/c1-12-7-8-17(13(2)9-12)22-10-15-18(25)23-20(27)24(19(15)26)11-14-5-3-4-6-16(14)21/h3-10,26H,11H2,1-2H3,(H,23,25,27). The Morgan fingerprint density at radius 1 is 1.19 bits per heavy atom. The fraction of sp³-hybridized carbons (Fsp3) is 0.150. The summed E-state index contributed by atoms with van der Waals surface area (Å²) >= 11 is 6.13. The van der Waals surface area contributed by atoms with Gasteiger partial charge in [0.25, 0.3) is 5.56 Å². The molecule has 6 nitrogen and oxygen atoms in total. The van der Waals surface area contributed by atoms with Gasteiger partial charge in [-0.2, -0.15) is 0 Å². The molecule has 0 unspecified atom stereocenters. The summed E-state index contributed by atoms with van der Waals surface area (Å²) in [7, 11) is 0. The van der Waals surface area contributed by atoms with Gasteiger partial charge >= 0.3 is 5.69 Å². The van der Waals surface area contributed by atoms with E-state index in [1.165, 1.54) is 6.21 Å². The van der Waals surface area contributed by atoms with Crippen LogP contribution in [0.4, 0.5) is 5.69 Å². The SMILES string of the molecule is Cc1ccc(N=Cc2c(O)n(Cc3ccccc3Cl)c(=O)[nH]c2=O)c(C)c1. The monoisotopic (exact) mass is 383 g/mol. The molecule has 0 aliphatic heterocycles. The Balaban J connectivity index is 2.04. The van der Waals surface area contributed by atoms with E-state index >= 15 is 0 Å². The number of halogens is 1. The van der Waals surface area contributed by atoms with Crippen molar-refractivity contribution in [3.8, 4) is 5.88 Å². The Bertz CT molecular complexity index is 1150. The van der Waals surface area contributed by atoms with Crippen LogP contribution in [0.1, 0.15) is 22.3 Å². The zero-order valence-electron chi connectivity index (χ0n) is 14.9. The summed E-state index contributed by atoms with van der Waals surface area (Å²) in [5.74, 6) is -0.461. The molecular formula is C20H18ClN3O3. The molecule has 3 rings (SSSR count). The molecule has 0 bridgehead atoms. The highest BCUT2D eigenvalue weighted by Crippen LogP contribution is 2.21. The highest BCUT2D eigenvalue weighted by Gasteiger charge is 2.14. The van der Waals surface area contributed by atoms with Crippen LogP contribution >= 0.6 is 11.6 Å². The number of aromatic nitrogens is 2. The van der Waals surface area contributed by atoms with Gasteiger partial charge in [-0.3, -0.25) is 19.3 Å². The van der Waals surface area contributed by atoms with E-state index in [-0.39, 0.29) is 12.1 Å². The maximum Gasteiger partial charge on any atom is 0.331 e. The highest BCUT2D eigenvalue weighted by atomic mass is 35.5. The lowest BCUT2D eigenvalue weighted by Crippen LogP contribution is -2.32. The number of benzene rings is 2. The van der Waals surface area contributed by atoms with Gasteiger partial charge in [-0.1, -0.05) is 47.5 Å². The molecule has 0 atom stereocenters. The van der Waals surface area contributed by atoms with Gasteiger partial charge in [-0.15, -0.1) is 0 Å². The van der Waals surface area contributed by atoms with Gasteiger partial charge in [0, 0.05) is 11.2 Å². The summed E-state index contributed by atoms with van der Waals surface area (Å²) in [6, 6.07) is 12.7. The van der Waals surface area contributed by atoms with Gasteiger partial charge in [0.15, 0.2) is 0 Å². The predicted octanol–water partition coefficient (Wildman–Crippen LogP) is 3.31. The van der Waals surface area contributed by atoms with Crippen LogP contribution in [0.25, 0.3) is 0 Å². The molecule has 0 aliphatic rings. The lowest BCUT2D eigenvalue weighted by atomic mass is 10.1. The Morgan fingerprint density at radius 2 is 1.93 bits per heavy atom. The van der Waals surface area contributed by atoms with E-state index < -0.39 is 17.1 Å². The van der Waals surface area contributed by atoms with Crippen LogP contribution in [0.15, 0.2) is 57.0 Å². The largest absolute Gasteiger partial charge is 0.494 e. The second kappa shape index (κ2) is 7.63. The van der Waals surface area contributed by atoms with Crippen molar-refractivity contribution in [3.63, 3.8) is 0 Å². The van der Waals surface area contributed by atoms with Crippen molar-refractivity contribution in [2.24, 2.45) is 4.99 Å². The number of aromatic amines is 1. The number of aromatic hydroxyl groups is 1. The number of H-pyrrole nitrogens is 1. The average molecular weight is 384 g/mol. The maximum absolute atomic E-state index is 12.2. The number of hydrogen-bond donors (Lipinski definition) is 2. The van der Waals surface area contributed by atoms with Crippen molar-refractivity contribution in [1.82, 2.24) is 9.55 Å². The summed E-state index contributed by atoms with van der Waals surface area (Å²) in [5, 5.41) is 11.0. The second-order valence-corrected chi connectivity index (χ2v) is 6.63. The molecule has 0 aliphatic carbocycles. The molecule has 3 aromatic rings. The summed E-state index contributed by atoms with van der Waals surface area (Å²) < 4.78 is 1.05. The molecule has 2 N–H and O–H groups in total. The molecule has 7 heteroatoms. The second-order valence-electron chi connectivity index (χ2n) is 6.22. The zero-order valence-corrected chi connectivity index (χ0v) is 15.6. The van der Waals surface area contributed by atoms with E-state index in [2.05, 4.69) is 9.98 Å². The third-order valence-electron chi connectivity index (χ3n) is 4.18. The van der Waals surface area contributed by atoms with Crippen LogP contribution in [-0.2, 0) is 6.54 Å². The summed E-state index contributed by atoms with van der Waals surface area (Å²) in [6.45, 7) is 3.90. The van der Waals surface area contributed by atoms with Crippen molar-refractivity contribution in [1.29, 1.82) is 0 Å². The topological polar surface area (TPSA) is 87.4 Å². The highest BCUT2D eigenvalue weighted by molar-refractivity contribution is 6.31. The van der Waals surface area contributed by atoms with E-state index in [1.807, 2.05) is 32.0 Å². The van der Waals surface area contributed by atoms with Crippen molar-refractivity contribution >= 4 is 23.5 Å². The summed E-state index contributed by atoms with van der Waals surface area (Å²) in [6.07, 6.45) is 1.26. The number of rotatable bonds is 4. The fourth-order valence-electron chi connectivity index (χ4n) is 2.72. The van der Waals surface area contributed by atoms with E-state index in [4.69, 9.17) is 11.6 Å². The third kappa shape index (κ3) is 4.01. The van der Waals surface area contributed by atoms with E-state index in [0.29, 0.717) is 16.3 Å². The smallest absolute Gasteiger partial charge is 0.331 e. The lowest BCUT2D eigenvalue weighted by Gasteiger charge is -2.10. The molecule has 1 heterocycles. The average Bonchev–Trinajstić information content (AvgIpc) is 2.61. The van der Waals surface area contributed by atoms with Gasteiger partial charge < -0.3 is 5.11 Å². The number of aliphatic imine (C=N–C) groups is 1. The van der Waals surface area contributed by atoms with Crippen LogP contribution in [0.5, 0.6) is 5.88 Å². The Labute approximate surface area is 160 Å². The van der Waals surface area contributed by atoms with E-state index in [1.54, 1.807) is 24.3 Å². The Kier molecular flexibility index (Phi) is 5.28. The molecule has 27 heavy (non-hydrogen) atoms. The van der Waals surface area contributed by atoms with Crippen molar-refractivity contribution < 1.29 is 5.11 Å². The van der Waals surface area contributed by atoms with E-state index in [0.717, 1.165) is 15.7 Å². The molecule has 0 amide bonds. The van der Waals surface area contributed by atoms with Gasteiger partial charge in [0.05, 0.1) is 12.2 Å². The molecule has 138 valence electrons. The number of aryl methyl sites for hydroxylation is 2. The third-order valence-corrected chi connectivity index (χ3v) is 4.55. The van der Waals surface area contributed by atoms with Crippen molar-refractivity contribution in [3.05, 3.63) is 90.6 Å². The maximum atomic E-state index is 12.2. The lowest BCUT2D eigenvalue weighted by molar-refractivity contribution is 0.408. The van der Waals surface area contributed by atoms with Crippen LogP contribution in [0.3, 0.4) is 0 Å². The first-order valence-electron chi connectivity index (χ1n) is 8.27. The minimum Gasteiger partial charge on any atom is -0.494 e. The number of hydrogen-bond acceptors (Lipinski definition) is 4. The first kappa shape index (κ1) is 18.7. The number of nitrogens with zero attached hydrogens (tertiary/aromatic N) is 2. The van der Waals surface area contributed by atoms with Gasteiger partial charge in [0.1, 0.15) is 5.56 Å². The molecular weight excluding hydrogens is 366 g/mol. The number of nitrogens with one attached hydrogen (secondary N) is 1. The normalized spacial score (nSPS) is 11.2. The first-order chi connectivity index (χ1) is 12.9. The summed E-state index contributed by atoms with van der Waals surface area (Å²) in [4.78, 5) is 30.8. The fourth-order valence-corrected chi connectivity index (χ4v) is 2.91. The molecule has 0 fully saturated rings. The predicted molar refractivity (Wildman–Crippen MR) is 107 cm³/mol.